The van der Waals surface area contributed by atoms with Gasteiger partial charge in [0.05, 0.1) is 22.1 Å². The van der Waals surface area contributed by atoms with Gasteiger partial charge in [-0.3, -0.25) is 0 Å². The van der Waals surface area contributed by atoms with Crippen molar-refractivity contribution < 1.29 is 0 Å². The molecule has 10 aromatic rings. The monoisotopic (exact) mass is 1120 g/mol. The molecule has 0 aliphatic heterocycles. The highest BCUT2D eigenvalue weighted by atomic mass is 15.0. The topological polar surface area (TPSA) is 9.86 Å². The molecular formula is C83H92N2. The van der Waals surface area contributed by atoms with E-state index in [9.17, 15) is 0 Å². The van der Waals surface area contributed by atoms with Crippen molar-refractivity contribution in [3.8, 4) is 46.2 Å². The summed E-state index contributed by atoms with van der Waals surface area (Å²) in [6.45, 7) is 32.3. The van der Waals surface area contributed by atoms with Crippen LogP contribution in [0, 0.1) is 23.7 Å². The van der Waals surface area contributed by atoms with Crippen molar-refractivity contribution in [3.63, 3.8) is 0 Å². The number of nitrogens with zero attached hydrogens (tertiary/aromatic N) is 2. The van der Waals surface area contributed by atoms with Crippen molar-refractivity contribution in [2.24, 2.45) is 0 Å². The molecule has 2 heteroatoms. The van der Waals surface area contributed by atoms with Crippen LogP contribution < -0.4 is 0 Å². The van der Waals surface area contributed by atoms with Crippen LogP contribution in [0.1, 0.15) is 230 Å². The molecule has 1 aliphatic rings. The molecule has 8 aromatic carbocycles. The summed E-state index contributed by atoms with van der Waals surface area (Å²) >= 11 is 0. The fourth-order valence-electron chi connectivity index (χ4n) is 13.5. The van der Waals surface area contributed by atoms with Gasteiger partial charge in [-0.05, 0) is 200 Å². The molecule has 0 atom stereocenters. The SMILES string of the molecule is CCCCCCCC1(CCCCCCC)c2cc(C#Cc3ccc(-n4c5ccc(C(C)(C)C)cc5c5cc(C(C)(C)C)ccc54)cc3)ccc2-c2ccc(C#Cc3ccc(-n4c5ccc(C(C)(C)C)cc5c5cc(C(C)(C)C)ccc54)cc3)cc21. The molecule has 0 amide bonds. The van der Waals surface area contributed by atoms with Crippen molar-refractivity contribution in [1.82, 2.24) is 9.13 Å². The molecular weight excluding hydrogens is 1020 g/mol. The third-order valence-electron chi connectivity index (χ3n) is 18.7. The fraction of sp³-hybridized carbons (Fsp3) is 0.373. The maximum Gasteiger partial charge on any atom is 0.0541 e. The van der Waals surface area contributed by atoms with Crippen LogP contribution in [0.25, 0.3) is 66.1 Å². The van der Waals surface area contributed by atoms with Crippen LogP contribution in [0.3, 0.4) is 0 Å². The maximum absolute atomic E-state index is 3.69. The van der Waals surface area contributed by atoms with E-state index in [1.165, 1.54) is 152 Å². The van der Waals surface area contributed by atoms with Crippen molar-refractivity contribution in [1.29, 1.82) is 0 Å². The predicted molar refractivity (Wildman–Crippen MR) is 368 cm³/mol. The lowest BCUT2D eigenvalue weighted by Crippen LogP contribution is -2.26. The Kier molecular flexibility index (Phi) is 16.3. The molecule has 0 spiro atoms. The minimum absolute atomic E-state index is 0.0546. The van der Waals surface area contributed by atoms with Gasteiger partial charge in [-0.25, -0.2) is 0 Å². The molecule has 0 saturated carbocycles. The number of aromatic nitrogens is 2. The molecule has 0 N–H and O–H groups in total. The van der Waals surface area contributed by atoms with Crippen molar-refractivity contribution in [2.75, 3.05) is 0 Å². The Hall–Kier alpha value is -7.52. The Bertz CT molecular complexity index is 3810. The van der Waals surface area contributed by atoms with Gasteiger partial charge in [0, 0.05) is 60.6 Å². The Balaban J connectivity index is 0.922. The molecule has 2 heterocycles. The average Bonchev–Trinajstić information content (AvgIpc) is 1.65. The number of rotatable bonds is 14. The Morgan fingerprint density at radius 3 is 0.882 bits per heavy atom. The number of benzene rings is 8. The van der Waals surface area contributed by atoms with Crippen LogP contribution in [0.4, 0.5) is 0 Å². The van der Waals surface area contributed by atoms with E-state index in [1.807, 2.05) is 0 Å². The molecule has 2 nitrogen and oxygen atoms in total. The lowest BCUT2D eigenvalue weighted by molar-refractivity contribution is 0.399. The van der Waals surface area contributed by atoms with Gasteiger partial charge in [-0.2, -0.15) is 0 Å². The minimum Gasteiger partial charge on any atom is -0.309 e. The van der Waals surface area contributed by atoms with E-state index in [-0.39, 0.29) is 27.1 Å². The highest BCUT2D eigenvalue weighted by Gasteiger charge is 2.42. The predicted octanol–water partition coefficient (Wildman–Crippen LogP) is 22.9. The smallest absolute Gasteiger partial charge is 0.0541 e. The van der Waals surface area contributed by atoms with Crippen molar-refractivity contribution in [3.05, 3.63) is 213 Å². The van der Waals surface area contributed by atoms with E-state index in [0.29, 0.717) is 0 Å². The van der Waals surface area contributed by atoms with Gasteiger partial charge in [0.1, 0.15) is 0 Å². The van der Waals surface area contributed by atoms with Gasteiger partial charge in [0.15, 0.2) is 0 Å². The van der Waals surface area contributed by atoms with Gasteiger partial charge in [0.25, 0.3) is 0 Å². The summed E-state index contributed by atoms with van der Waals surface area (Å²) in [5.74, 6) is 14.6. The van der Waals surface area contributed by atoms with E-state index in [2.05, 4.69) is 287 Å². The van der Waals surface area contributed by atoms with Crippen LogP contribution in [-0.2, 0) is 27.1 Å². The second kappa shape index (κ2) is 23.4. The molecule has 0 unspecified atom stereocenters. The molecule has 0 radical (unpaired) electrons. The lowest BCUT2D eigenvalue weighted by Gasteiger charge is -2.33. The van der Waals surface area contributed by atoms with E-state index >= 15 is 0 Å². The van der Waals surface area contributed by atoms with Crippen molar-refractivity contribution in [2.45, 2.75) is 201 Å². The second-order valence-electron chi connectivity index (χ2n) is 29.1. The van der Waals surface area contributed by atoms with E-state index in [4.69, 9.17) is 0 Å². The first-order valence-electron chi connectivity index (χ1n) is 32.3. The van der Waals surface area contributed by atoms with Crippen molar-refractivity contribution >= 4 is 43.6 Å². The highest BCUT2D eigenvalue weighted by molar-refractivity contribution is 6.11. The standard InChI is InChI=1S/C83H92N2/c1-15-17-19-21-23-49-83(50-24-22-20-18-16-2)73-51-59(27-25-57-29-39-65(40-30-57)84-75-45-35-61(79(3,4)5)53-69(75)70-54-62(80(6,7)8)36-46-76(70)84)33-43-67(73)68-44-34-60(52-74(68)83)28-26-58-31-41-66(42-32-58)85-77-47-37-63(81(9,10)11)55-71(77)72-56-64(82(12,13)14)38-48-78(72)85/h29-48,51-56H,15-24,49-50H2,1-14H3. The second-order valence-corrected chi connectivity index (χ2v) is 29.1. The summed E-state index contributed by atoms with van der Waals surface area (Å²) in [5, 5.41) is 5.23. The minimum atomic E-state index is -0.102. The van der Waals surface area contributed by atoms with E-state index in [0.717, 1.165) is 46.5 Å². The molecule has 434 valence electrons. The summed E-state index contributed by atoms with van der Waals surface area (Å²) < 4.78 is 4.88. The Morgan fingerprint density at radius 1 is 0.306 bits per heavy atom. The van der Waals surface area contributed by atoms with Gasteiger partial charge in [-0.1, -0.05) is 221 Å². The number of unbranched alkanes of at least 4 members (excludes halogenated alkanes) is 8. The van der Waals surface area contributed by atoms with E-state index in [1.54, 1.807) is 0 Å². The quantitative estimate of drug-likeness (QED) is 0.0759. The molecule has 2 aromatic heterocycles. The number of fused-ring (bicyclic) bond motifs is 9. The van der Waals surface area contributed by atoms with Crippen LogP contribution in [-0.4, -0.2) is 9.13 Å². The zero-order valence-electron chi connectivity index (χ0n) is 53.9. The largest absolute Gasteiger partial charge is 0.309 e. The average molecular weight is 1120 g/mol. The first-order valence-corrected chi connectivity index (χ1v) is 32.3. The van der Waals surface area contributed by atoms with E-state index < -0.39 is 0 Å². The molecule has 85 heavy (non-hydrogen) atoms. The Morgan fingerprint density at radius 2 is 0.588 bits per heavy atom. The first kappa shape index (κ1) is 59.2. The lowest BCUT2D eigenvalue weighted by atomic mass is 9.70. The number of hydrogen-bond donors (Lipinski definition) is 0. The summed E-state index contributed by atoms with van der Waals surface area (Å²) in [4.78, 5) is 0. The fourth-order valence-corrected chi connectivity index (χ4v) is 13.5. The normalized spacial score (nSPS) is 13.3. The third kappa shape index (κ3) is 11.9. The van der Waals surface area contributed by atoms with Gasteiger partial charge in [-0.15, -0.1) is 0 Å². The van der Waals surface area contributed by atoms with Crippen LogP contribution in [0.2, 0.25) is 0 Å². The number of hydrogen-bond acceptors (Lipinski definition) is 0. The summed E-state index contributed by atoms with van der Waals surface area (Å²) in [5.41, 5.74) is 22.6. The third-order valence-corrected chi connectivity index (χ3v) is 18.7. The summed E-state index contributed by atoms with van der Waals surface area (Å²) in [6.07, 6.45) is 14.9. The molecule has 11 rings (SSSR count). The van der Waals surface area contributed by atoms with Crippen LogP contribution in [0.5, 0.6) is 0 Å². The van der Waals surface area contributed by atoms with Gasteiger partial charge in [0.2, 0.25) is 0 Å². The Labute approximate surface area is 510 Å². The molecule has 1 aliphatic carbocycles. The molecule has 0 saturated heterocycles. The van der Waals surface area contributed by atoms with Crippen LogP contribution >= 0.6 is 0 Å². The zero-order chi connectivity index (χ0) is 60.1. The summed E-state index contributed by atoms with van der Waals surface area (Å²) in [7, 11) is 0. The highest BCUT2D eigenvalue weighted by Crippen LogP contribution is 2.55. The molecule has 0 fully saturated rings. The van der Waals surface area contributed by atoms with Crippen LogP contribution in [0.15, 0.2) is 158 Å². The zero-order valence-corrected chi connectivity index (χ0v) is 53.9. The maximum atomic E-state index is 3.69. The molecule has 0 bridgehead atoms. The summed E-state index contributed by atoms with van der Waals surface area (Å²) in [6, 6.07) is 60.4. The van der Waals surface area contributed by atoms with Gasteiger partial charge >= 0.3 is 0 Å². The first-order chi connectivity index (χ1) is 40.6. The van der Waals surface area contributed by atoms with Gasteiger partial charge < -0.3 is 9.13 Å².